The molecule has 0 aromatic carbocycles. The Bertz CT molecular complexity index is 270. The molecule has 0 spiro atoms. The number of nitrogens with one attached hydrogen (secondary N) is 1. The molecule has 2 nitrogen and oxygen atoms in total. The highest BCUT2D eigenvalue weighted by molar-refractivity contribution is 5.06. The molecule has 1 saturated heterocycles. The van der Waals surface area contributed by atoms with Gasteiger partial charge >= 0.3 is 0 Å². The van der Waals surface area contributed by atoms with Crippen LogP contribution in [0.5, 0.6) is 0 Å². The van der Waals surface area contributed by atoms with Crippen molar-refractivity contribution in [2.24, 2.45) is 11.8 Å². The highest BCUT2D eigenvalue weighted by atomic mass is 15.3. The van der Waals surface area contributed by atoms with Crippen molar-refractivity contribution >= 4 is 0 Å². The van der Waals surface area contributed by atoms with Gasteiger partial charge in [0.1, 0.15) is 0 Å². The van der Waals surface area contributed by atoms with Gasteiger partial charge in [-0.2, -0.15) is 0 Å². The molecule has 2 rings (SSSR count). The Balaban J connectivity index is 1.99. The van der Waals surface area contributed by atoms with Crippen molar-refractivity contribution in [3.63, 3.8) is 0 Å². The quantitative estimate of drug-likeness (QED) is 0.738. The molecule has 2 aliphatic rings. The third-order valence-electron chi connectivity index (χ3n) is 4.47. The van der Waals surface area contributed by atoms with Crippen LogP contribution in [0.25, 0.3) is 0 Å². The topological polar surface area (TPSA) is 15.3 Å². The zero-order valence-electron chi connectivity index (χ0n) is 11.7. The lowest BCUT2D eigenvalue weighted by Crippen LogP contribution is -2.64. The van der Waals surface area contributed by atoms with Gasteiger partial charge in [0.25, 0.3) is 0 Å². The predicted molar refractivity (Wildman–Crippen MR) is 74.1 cm³/mol. The molecular weight excluding hydrogens is 208 g/mol. The van der Waals surface area contributed by atoms with Crippen molar-refractivity contribution < 1.29 is 0 Å². The summed E-state index contributed by atoms with van der Waals surface area (Å²) in [6.45, 7) is 14.4. The summed E-state index contributed by atoms with van der Waals surface area (Å²) < 4.78 is 0. The van der Waals surface area contributed by atoms with E-state index in [-0.39, 0.29) is 0 Å². The van der Waals surface area contributed by atoms with Crippen LogP contribution < -0.4 is 5.32 Å². The Hall–Kier alpha value is -0.340. The summed E-state index contributed by atoms with van der Waals surface area (Å²) in [5.41, 5.74) is 0.377. The largest absolute Gasteiger partial charge is 0.311 e. The molecule has 0 aromatic heterocycles. The number of rotatable bonds is 5. The first-order chi connectivity index (χ1) is 8.06. The van der Waals surface area contributed by atoms with Crippen LogP contribution in [-0.4, -0.2) is 36.1 Å². The summed E-state index contributed by atoms with van der Waals surface area (Å²) in [7, 11) is 0. The van der Waals surface area contributed by atoms with Crippen LogP contribution in [0.15, 0.2) is 12.7 Å². The minimum absolute atomic E-state index is 0.377. The van der Waals surface area contributed by atoms with Gasteiger partial charge in [-0.3, -0.25) is 4.90 Å². The van der Waals surface area contributed by atoms with Crippen LogP contribution in [0.1, 0.15) is 40.0 Å². The smallest absolute Gasteiger partial charge is 0.0337 e. The molecule has 0 amide bonds. The van der Waals surface area contributed by atoms with E-state index in [2.05, 4.69) is 43.6 Å². The maximum atomic E-state index is 3.92. The van der Waals surface area contributed by atoms with E-state index in [1.165, 1.54) is 25.8 Å². The third kappa shape index (κ3) is 2.92. The molecule has 0 aromatic rings. The first-order valence-electron chi connectivity index (χ1n) is 7.15. The van der Waals surface area contributed by atoms with Crippen LogP contribution in [0, 0.1) is 11.8 Å². The summed E-state index contributed by atoms with van der Waals surface area (Å²) in [5, 5.41) is 3.77. The lowest BCUT2D eigenvalue weighted by atomic mass is 9.88. The normalized spacial score (nSPS) is 35.2. The van der Waals surface area contributed by atoms with Gasteiger partial charge in [0.2, 0.25) is 0 Å². The average Bonchev–Trinajstić information content (AvgIpc) is 3.06. The Morgan fingerprint density at radius 2 is 2.18 bits per heavy atom. The van der Waals surface area contributed by atoms with Crippen molar-refractivity contribution in [1.29, 1.82) is 0 Å². The fourth-order valence-corrected chi connectivity index (χ4v) is 3.28. The molecule has 1 heterocycles. The minimum atomic E-state index is 0.377. The molecule has 17 heavy (non-hydrogen) atoms. The van der Waals surface area contributed by atoms with Gasteiger partial charge in [-0.25, -0.2) is 0 Å². The fraction of sp³-hybridized carbons (Fsp3) is 0.867. The summed E-state index contributed by atoms with van der Waals surface area (Å²) in [5.74, 6) is 1.69. The Morgan fingerprint density at radius 1 is 1.47 bits per heavy atom. The molecular formula is C15H28N2. The molecule has 0 radical (unpaired) electrons. The summed E-state index contributed by atoms with van der Waals surface area (Å²) in [6.07, 6.45) is 6.19. The van der Waals surface area contributed by atoms with Crippen molar-refractivity contribution in [3.05, 3.63) is 12.7 Å². The van der Waals surface area contributed by atoms with E-state index in [0.29, 0.717) is 11.6 Å². The molecule has 1 aliphatic heterocycles. The van der Waals surface area contributed by atoms with Crippen molar-refractivity contribution in [1.82, 2.24) is 10.2 Å². The number of nitrogens with zero attached hydrogens (tertiary/aromatic N) is 1. The fourth-order valence-electron chi connectivity index (χ4n) is 3.28. The molecule has 1 N–H and O–H groups in total. The molecule has 0 bridgehead atoms. The van der Waals surface area contributed by atoms with Crippen LogP contribution in [0.4, 0.5) is 0 Å². The molecule has 1 saturated carbocycles. The van der Waals surface area contributed by atoms with Crippen LogP contribution in [-0.2, 0) is 0 Å². The third-order valence-corrected chi connectivity index (χ3v) is 4.47. The Labute approximate surface area is 106 Å². The molecule has 2 unspecified atom stereocenters. The Kier molecular flexibility index (Phi) is 3.94. The van der Waals surface area contributed by atoms with Crippen LogP contribution >= 0.6 is 0 Å². The van der Waals surface area contributed by atoms with Gasteiger partial charge in [0, 0.05) is 31.2 Å². The van der Waals surface area contributed by atoms with Gasteiger partial charge in [0.05, 0.1) is 0 Å². The molecule has 2 fully saturated rings. The lowest BCUT2D eigenvalue weighted by molar-refractivity contribution is 0.0414. The van der Waals surface area contributed by atoms with Gasteiger partial charge in [-0.05, 0) is 38.0 Å². The highest BCUT2D eigenvalue weighted by Gasteiger charge is 2.47. The van der Waals surface area contributed by atoms with Gasteiger partial charge in [0.15, 0.2) is 0 Å². The summed E-state index contributed by atoms with van der Waals surface area (Å²) in [4.78, 5) is 2.67. The van der Waals surface area contributed by atoms with Crippen LogP contribution in [0.3, 0.4) is 0 Å². The van der Waals surface area contributed by atoms with Crippen molar-refractivity contribution in [3.8, 4) is 0 Å². The first-order valence-corrected chi connectivity index (χ1v) is 7.15. The van der Waals surface area contributed by atoms with E-state index in [9.17, 15) is 0 Å². The van der Waals surface area contributed by atoms with Gasteiger partial charge < -0.3 is 5.32 Å². The van der Waals surface area contributed by atoms with E-state index < -0.39 is 0 Å². The van der Waals surface area contributed by atoms with E-state index in [0.717, 1.165) is 24.9 Å². The lowest BCUT2D eigenvalue weighted by Gasteiger charge is -2.48. The number of hydrogen-bond donors (Lipinski definition) is 1. The standard InChI is InChI=1S/C15H28N2/c1-5-8-17-10-14(9-12(2)3)16-11-15(17,4)13-6-7-13/h5,12-14,16H,1,6-11H2,2-4H3. The van der Waals surface area contributed by atoms with E-state index in [1.807, 2.05) is 0 Å². The maximum absolute atomic E-state index is 3.92. The number of piperazine rings is 1. The molecule has 98 valence electrons. The Morgan fingerprint density at radius 3 is 2.71 bits per heavy atom. The highest BCUT2D eigenvalue weighted by Crippen LogP contribution is 2.44. The van der Waals surface area contributed by atoms with E-state index in [4.69, 9.17) is 0 Å². The zero-order valence-corrected chi connectivity index (χ0v) is 11.7. The van der Waals surface area contributed by atoms with Gasteiger partial charge in [-0.1, -0.05) is 19.9 Å². The summed E-state index contributed by atoms with van der Waals surface area (Å²) in [6, 6.07) is 0.668. The van der Waals surface area contributed by atoms with Gasteiger partial charge in [-0.15, -0.1) is 6.58 Å². The second kappa shape index (κ2) is 5.11. The monoisotopic (exact) mass is 236 g/mol. The first kappa shape index (κ1) is 13.1. The maximum Gasteiger partial charge on any atom is 0.0337 e. The number of hydrogen-bond acceptors (Lipinski definition) is 2. The average molecular weight is 236 g/mol. The van der Waals surface area contributed by atoms with E-state index in [1.54, 1.807) is 0 Å². The van der Waals surface area contributed by atoms with Crippen molar-refractivity contribution in [2.75, 3.05) is 19.6 Å². The van der Waals surface area contributed by atoms with Crippen molar-refractivity contribution in [2.45, 2.75) is 51.6 Å². The minimum Gasteiger partial charge on any atom is -0.311 e. The SMILES string of the molecule is C=CCN1CC(CC(C)C)NCC1(C)C1CC1. The molecule has 2 heteroatoms. The summed E-state index contributed by atoms with van der Waals surface area (Å²) >= 11 is 0. The molecule has 1 aliphatic carbocycles. The molecule has 2 atom stereocenters. The van der Waals surface area contributed by atoms with E-state index >= 15 is 0 Å². The second-order valence-corrected chi connectivity index (χ2v) is 6.53. The second-order valence-electron chi connectivity index (χ2n) is 6.53. The zero-order chi connectivity index (χ0) is 12.5. The predicted octanol–water partition coefficient (Wildman–Crippen LogP) is 2.66. The van der Waals surface area contributed by atoms with Crippen LogP contribution in [0.2, 0.25) is 0 Å².